The van der Waals surface area contributed by atoms with Crippen LogP contribution in [0.3, 0.4) is 0 Å². The van der Waals surface area contributed by atoms with Crippen molar-refractivity contribution < 1.29 is 4.74 Å². The summed E-state index contributed by atoms with van der Waals surface area (Å²) in [5.41, 5.74) is 3.83. The molecular weight excluding hydrogens is 354 g/mol. The zero-order valence-electron chi connectivity index (χ0n) is 17.1. The summed E-state index contributed by atoms with van der Waals surface area (Å²) in [6.07, 6.45) is 0.0380. The van der Waals surface area contributed by atoms with Gasteiger partial charge >= 0.3 is 0 Å². The molecule has 0 N–H and O–H groups in total. The van der Waals surface area contributed by atoms with Crippen LogP contribution >= 0.6 is 0 Å². The largest absolute Gasteiger partial charge is 0.486 e. The van der Waals surface area contributed by atoms with Crippen molar-refractivity contribution in [3.63, 3.8) is 0 Å². The predicted octanol–water partition coefficient (Wildman–Crippen LogP) is 6.61. The quantitative estimate of drug-likeness (QED) is 0.357. The van der Waals surface area contributed by atoms with Gasteiger partial charge < -0.3 is 4.74 Å². The van der Waals surface area contributed by atoms with E-state index in [0.29, 0.717) is 0 Å². The van der Waals surface area contributed by atoms with Crippen LogP contribution < -0.4 is 4.74 Å². The van der Waals surface area contributed by atoms with Crippen molar-refractivity contribution in [1.29, 1.82) is 0 Å². The van der Waals surface area contributed by atoms with Gasteiger partial charge in [-0.2, -0.15) is 0 Å². The highest BCUT2D eigenvalue weighted by molar-refractivity contribution is 5.85. The van der Waals surface area contributed by atoms with Crippen molar-refractivity contribution in [1.82, 2.24) is 4.90 Å². The average Bonchev–Trinajstić information content (AvgIpc) is 2.76. The van der Waals surface area contributed by atoms with Crippen LogP contribution in [0.25, 0.3) is 10.8 Å². The molecule has 0 aliphatic carbocycles. The number of nitrogens with zero attached hydrogens (tertiary/aromatic N) is 1. The maximum absolute atomic E-state index is 6.09. The van der Waals surface area contributed by atoms with E-state index in [4.69, 9.17) is 4.74 Å². The van der Waals surface area contributed by atoms with Gasteiger partial charge in [-0.3, -0.25) is 4.90 Å². The van der Waals surface area contributed by atoms with E-state index in [-0.39, 0.29) is 6.10 Å². The van der Waals surface area contributed by atoms with Crippen LogP contribution in [0.1, 0.15) is 29.7 Å². The van der Waals surface area contributed by atoms with Gasteiger partial charge in [0.2, 0.25) is 0 Å². The number of ether oxygens (including phenoxy) is 1. The Morgan fingerprint density at radius 2 is 1.41 bits per heavy atom. The molecule has 0 fully saturated rings. The minimum atomic E-state index is 0.0380. The lowest BCUT2D eigenvalue weighted by Crippen LogP contribution is -2.17. The predicted molar refractivity (Wildman–Crippen MR) is 121 cm³/mol. The summed E-state index contributed by atoms with van der Waals surface area (Å²) in [4.78, 5) is 2.35. The maximum Gasteiger partial charge on any atom is 0.121 e. The molecule has 0 bridgehead atoms. The average molecular weight is 382 g/mol. The van der Waals surface area contributed by atoms with Crippen LogP contribution in [-0.4, -0.2) is 11.9 Å². The first kappa shape index (κ1) is 19.2. The molecule has 0 aliphatic heterocycles. The Morgan fingerprint density at radius 1 is 0.724 bits per heavy atom. The molecule has 1 unspecified atom stereocenters. The highest BCUT2D eigenvalue weighted by atomic mass is 16.5. The molecule has 0 heterocycles. The molecule has 4 rings (SSSR count). The Kier molecular flexibility index (Phi) is 5.92. The van der Waals surface area contributed by atoms with Gasteiger partial charge in [-0.1, -0.05) is 84.9 Å². The smallest absolute Gasteiger partial charge is 0.121 e. The summed E-state index contributed by atoms with van der Waals surface area (Å²) in [6, 6.07) is 33.9. The first-order valence-corrected chi connectivity index (χ1v) is 10.1. The first-order valence-electron chi connectivity index (χ1n) is 10.1. The van der Waals surface area contributed by atoms with Gasteiger partial charge in [0.15, 0.2) is 0 Å². The molecule has 0 saturated carbocycles. The SMILES string of the molecule is CC(Oc1ccc(CN(C)Cc2cccc3ccccc23)cc1)c1ccccc1. The fraction of sp³-hybridized carbons (Fsp3) is 0.185. The molecule has 0 saturated heterocycles. The van der Waals surface area contributed by atoms with E-state index in [1.165, 1.54) is 27.5 Å². The van der Waals surface area contributed by atoms with Gasteiger partial charge in [-0.15, -0.1) is 0 Å². The standard InChI is InChI=1S/C27H27NO/c1-21(23-9-4-3-5-10-23)29-26-17-15-22(16-18-26)19-28(2)20-25-13-8-12-24-11-6-7-14-27(24)25/h3-18,21H,19-20H2,1-2H3. The summed E-state index contributed by atoms with van der Waals surface area (Å²) in [5.74, 6) is 0.904. The van der Waals surface area contributed by atoms with Crippen molar-refractivity contribution >= 4 is 10.8 Å². The topological polar surface area (TPSA) is 12.5 Å². The van der Waals surface area contributed by atoms with E-state index in [9.17, 15) is 0 Å². The van der Waals surface area contributed by atoms with E-state index in [0.717, 1.165) is 18.8 Å². The number of benzene rings is 4. The molecule has 0 aromatic heterocycles. The second kappa shape index (κ2) is 8.93. The highest BCUT2D eigenvalue weighted by Gasteiger charge is 2.08. The van der Waals surface area contributed by atoms with E-state index < -0.39 is 0 Å². The van der Waals surface area contributed by atoms with E-state index in [2.05, 4.69) is 97.7 Å². The van der Waals surface area contributed by atoms with E-state index >= 15 is 0 Å². The van der Waals surface area contributed by atoms with Gasteiger partial charge in [0.1, 0.15) is 11.9 Å². The highest BCUT2D eigenvalue weighted by Crippen LogP contribution is 2.23. The maximum atomic E-state index is 6.09. The summed E-state index contributed by atoms with van der Waals surface area (Å²) in [6.45, 7) is 3.91. The molecule has 0 amide bonds. The number of rotatable bonds is 7. The Hall–Kier alpha value is -3.10. The van der Waals surface area contributed by atoms with Crippen molar-refractivity contribution in [3.8, 4) is 5.75 Å². The van der Waals surface area contributed by atoms with Gasteiger partial charge in [-0.05, 0) is 53.6 Å². The number of fused-ring (bicyclic) bond motifs is 1. The van der Waals surface area contributed by atoms with Crippen LogP contribution in [-0.2, 0) is 13.1 Å². The summed E-state index contributed by atoms with van der Waals surface area (Å²) < 4.78 is 6.09. The second-order valence-electron chi connectivity index (χ2n) is 7.63. The molecule has 1 atom stereocenters. The normalized spacial score (nSPS) is 12.2. The first-order chi connectivity index (χ1) is 14.2. The lowest BCUT2D eigenvalue weighted by atomic mass is 10.0. The van der Waals surface area contributed by atoms with Crippen LogP contribution in [0.5, 0.6) is 5.75 Å². The van der Waals surface area contributed by atoms with Gasteiger partial charge in [0.05, 0.1) is 0 Å². The Balaban J connectivity index is 1.38. The van der Waals surface area contributed by atoms with Crippen LogP contribution in [0.2, 0.25) is 0 Å². The fourth-order valence-electron chi connectivity index (χ4n) is 3.76. The molecule has 2 heteroatoms. The van der Waals surface area contributed by atoms with Crippen molar-refractivity contribution in [2.75, 3.05) is 7.05 Å². The summed E-state index contributed by atoms with van der Waals surface area (Å²) in [5, 5.41) is 2.63. The van der Waals surface area contributed by atoms with Gasteiger partial charge in [0.25, 0.3) is 0 Å². The Morgan fingerprint density at radius 3 is 2.21 bits per heavy atom. The Bertz CT molecular complexity index is 1050. The molecule has 29 heavy (non-hydrogen) atoms. The van der Waals surface area contributed by atoms with Gasteiger partial charge in [-0.25, -0.2) is 0 Å². The molecule has 0 radical (unpaired) electrons. The lowest BCUT2D eigenvalue weighted by molar-refractivity contribution is 0.226. The second-order valence-corrected chi connectivity index (χ2v) is 7.63. The third kappa shape index (κ3) is 4.85. The lowest BCUT2D eigenvalue weighted by Gasteiger charge is -2.19. The third-order valence-electron chi connectivity index (χ3n) is 5.28. The molecule has 4 aromatic rings. The van der Waals surface area contributed by atoms with Crippen molar-refractivity contribution in [2.45, 2.75) is 26.1 Å². The van der Waals surface area contributed by atoms with Crippen molar-refractivity contribution in [3.05, 3.63) is 114 Å². The molecule has 0 aliphatic rings. The summed E-state index contributed by atoms with van der Waals surface area (Å²) >= 11 is 0. The zero-order valence-corrected chi connectivity index (χ0v) is 17.1. The molecule has 0 spiro atoms. The zero-order chi connectivity index (χ0) is 20.1. The van der Waals surface area contributed by atoms with Crippen molar-refractivity contribution in [2.24, 2.45) is 0 Å². The number of hydrogen-bond donors (Lipinski definition) is 0. The third-order valence-corrected chi connectivity index (χ3v) is 5.28. The Labute approximate surface area is 173 Å². The molecular formula is C27H27NO. The van der Waals surface area contributed by atoms with Crippen LogP contribution in [0.4, 0.5) is 0 Å². The minimum absolute atomic E-state index is 0.0380. The summed E-state index contributed by atoms with van der Waals surface area (Å²) in [7, 11) is 2.17. The van der Waals surface area contributed by atoms with E-state index in [1.54, 1.807) is 0 Å². The monoisotopic (exact) mass is 381 g/mol. The minimum Gasteiger partial charge on any atom is -0.486 e. The molecule has 4 aromatic carbocycles. The van der Waals surface area contributed by atoms with Crippen LogP contribution in [0.15, 0.2) is 97.1 Å². The molecule has 146 valence electrons. The molecule has 2 nitrogen and oxygen atoms in total. The fourth-order valence-corrected chi connectivity index (χ4v) is 3.76. The van der Waals surface area contributed by atoms with Crippen LogP contribution in [0, 0.1) is 0 Å². The number of hydrogen-bond acceptors (Lipinski definition) is 2. The van der Waals surface area contributed by atoms with Gasteiger partial charge in [0, 0.05) is 13.1 Å². The van der Waals surface area contributed by atoms with E-state index in [1.807, 2.05) is 18.2 Å².